The van der Waals surface area contributed by atoms with Crippen molar-refractivity contribution < 1.29 is 32.5 Å². The molecular weight excluding hydrogens is 369 g/mol. The van der Waals surface area contributed by atoms with Gasteiger partial charge in [0.1, 0.15) is 24.4 Å². The van der Waals surface area contributed by atoms with E-state index < -0.39 is 5.97 Å². The Bertz CT molecular complexity index is 942. The monoisotopic (exact) mass is 387 g/mol. The van der Waals surface area contributed by atoms with Crippen LogP contribution >= 0.6 is 0 Å². The van der Waals surface area contributed by atoms with Gasteiger partial charge in [0, 0.05) is 5.56 Å². The number of nitrogens with zero attached hydrogens (tertiary/aromatic N) is 1. The van der Waals surface area contributed by atoms with Crippen LogP contribution in [0.4, 0.5) is 4.39 Å². The first-order valence-corrected chi connectivity index (χ1v) is 8.23. The number of ether oxygens (including phenoxy) is 4. The molecule has 0 spiro atoms. The predicted octanol–water partition coefficient (Wildman–Crippen LogP) is 3.86. The Morgan fingerprint density at radius 2 is 1.68 bits per heavy atom. The van der Waals surface area contributed by atoms with E-state index in [2.05, 4.69) is 4.98 Å². The summed E-state index contributed by atoms with van der Waals surface area (Å²) < 4.78 is 39.3. The maximum absolute atomic E-state index is 13.0. The zero-order chi connectivity index (χ0) is 20.1. The number of hydrogen-bond donors (Lipinski definition) is 0. The fourth-order valence-corrected chi connectivity index (χ4v) is 2.52. The molecule has 7 nitrogen and oxygen atoms in total. The quantitative estimate of drug-likeness (QED) is 0.570. The average molecular weight is 387 g/mol. The number of rotatable bonds is 7. The van der Waals surface area contributed by atoms with Gasteiger partial charge in [0.2, 0.25) is 11.6 Å². The Morgan fingerprint density at radius 3 is 2.25 bits per heavy atom. The molecule has 8 heteroatoms. The van der Waals surface area contributed by atoms with E-state index in [4.69, 9.17) is 23.4 Å². The van der Waals surface area contributed by atoms with Crippen LogP contribution in [0.2, 0.25) is 0 Å². The van der Waals surface area contributed by atoms with Crippen molar-refractivity contribution in [2.24, 2.45) is 0 Å². The van der Waals surface area contributed by atoms with Crippen LogP contribution in [0.15, 0.2) is 47.1 Å². The lowest BCUT2D eigenvalue weighted by molar-refractivity contribution is 0.0467. The van der Waals surface area contributed by atoms with E-state index in [-0.39, 0.29) is 18.0 Å². The molecule has 3 aromatic rings. The summed E-state index contributed by atoms with van der Waals surface area (Å²) >= 11 is 0. The minimum Gasteiger partial charge on any atom is -0.493 e. The SMILES string of the molecule is COc1cc(C(=O)OCc2coc(-c3ccc(F)cc3)n2)cc(OC)c1OC. The number of benzene rings is 2. The van der Waals surface area contributed by atoms with Gasteiger partial charge in [-0.3, -0.25) is 0 Å². The second-order valence-corrected chi connectivity index (χ2v) is 5.64. The van der Waals surface area contributed by atoms with Crippen LogP contribution in [0.3, 0.4) is 0 Å². The van der Waals surface area contributed by atoms with Crippen molar-refractivity contribution >= 4 is 5.97 Å². The van der Waals surface area contributed by atoms with Gasteiger partial charge in [-0.15, -0.1) is 0 Å². The van der Waals surface area contributed by atoms with E-state index in [0.29, 0.717) is 34.4 Å². The molecule has 0 fully saturated rings. The van der Waals surface area contributed by atoms with Crippen molar-refractivity contribution in [2.45, 2.75) is 6.61 Å². The maximum atomic E-state index is 13.0. The highest BCUT2D eigenvalue weighted by Gasteiger charge is 2.18. The summed E-state index contributed by atoms with van der Waals surface area (Å²) in [4.78, 5) is 16.6. The van der Waals surface area contributed by atoms with E-state index >= 15 is 0 Å². The molecule has 0 amide bonds. The number of esters is 1. The zero-order valence-corrected chi connectivity index (χ0v) is 15.5. The third-order valence-electron chi connectivity index (χ3n) is 3.89. The van der Waals surface area contributed by atoms with E-state index in [1.807, 2.05) is 0 Å². The maximum Gasteiger partial charge on any atom is 0.338 e. The molecule has 146 valence electrons. The fourth-order valence-electron chi connectivity index (χ4n) is 2.52. The van der Waals surface area contributed by atoms with Gasteiger partial charge >= 0.3 is 5.97 Å². The molecule has 0 bridgehead atoms. The molecule has 0 radical (unpaired) electrons. The van der Waals surface area contributed by atoms with Gasteiger partial charge in [0.05, 0.1) is 26.9 Å². The molecule has 1 heterocycles. The number of carbonyl (C=O) groups is 1. The summed E-state index contributed by atoms with van der Waals surface area (Å²) in [6.45, 7) is -0.0970. The highest BCUT2D eigenvalue weighted by Crippen LogP contribution is 2.38. The summed E-state index contributed by atoms with van der Waals surface area (Å²) in [5, 5.41) is 0. The standard InChI is InChI=1S/C20H18FNO6/c1-24-16-8-13(9-17(25-2)18(16)26-3)20(23)28-11-15-10-27-19(22-15)12-4-6-14(21)7-5-12/h4-10H,11H2,1-3H3. The molecule has 2 aromatic carbocycles. The number of methoxy groups -OCH3 is 3. The molecular formula is C20H18FNO6. The molecule has 1 aromatic heterocycles. The highest BCUT2D eigenvalue weighted by atomic mass is 19.1. The summed E-state index contributed by atoms with van der Waals surface area (Å²) in [7, 11) is 4.39. The van der Waals surface area contributed by atoms with Gasteiger partial charge in [-0.2, -0.15) is 0 Å². The van der Waals surface area contributed by atoms with E-state index in [1.165, 1.54) is 51.9 Å². The molecule has 0 unspecified atom stereocenters. The van der Waals surface area contributed by atoms with Crippen molar-refractivity contribution in [3.05, 3.63) is 59.7 Å². The topological polar surface area (TPSA) is 80.0 Å². The Balaban J connectivity index is 1.71. The minimum absolute atomic E-state index is 0.0970. The number of aromatic nitrogens is 1. The third-order valence-corrected chi connectivity index (χ3v) is 3.89. The van der Waals surface area contributed by atoms with Crippen LogP contribution < -0.4 is 14.2 Å². The van der Waals surface area contributed by atoms with E-state index in [0.717, 1.165) is 0 Å². The van der Waals surface area contributed by atoms with Crippen molar-refractivity contribution in [3.63, 3.8) is 0 Å². The van der Waals surface area contributed by atoms with Crippen molar-refractivity contribution in [3.8, 4) is 28.7 Å². The van der Waals surface area contributed by atoms with Crippen LogP contribution in [-0.2, 0) is 11.3 Å². The van der Waals surface area contributed by atoms with Crippen LogP contribution in [0.25, 0.3) is 11.5 Å². The van der Waals surface area contributed by atoms with Crippen LogP contribution in [0, 0.1) is 5.82 Å². The molecule has 0 atom stereocenters. The predicted molar refractivity (Wildman–Crippen MR) is 97.1 cm³/mol. The lowest BCUT2D eigenvalue weighted by Gasteiger charge is -2.13. The van der Waals surface area contributed by atoms with Gasteiger partial charge < -0.3 is 23.4 Å². The van der Waals surface area contributed by atoms with E-state index in [9.17, 15) is 9.18 Å². The number of halogens is 1. The number of hydrogen-bond acceptors (Lipinski definition) is 7. The molecule has 0 saturated carbocycles. The third kappa shape index (κ3) is 4.06. The minimum atomic E-state index is -0.592. The second-order valence-electron chi connectivity index (χ2n) is 5.64. The summed E-state index contributed by atoms with van der Waals surface area (Å²) in [5.74, 6) is 0.420. The van der Waals surface area contributed by atoms with Crippen LogP contribution in [-0.4, -0.2) is 32.3 Å². The first kappa shape index (κ1) is 19.2. The lowest BCUT2D eigenvalue weighted by Crippen LogP contribution is -2.07. The Kier molecular flexibility index (Phi) is 5.78. The van der Waals surface area contributed by atoms with Gasteiger partial charge in [0.25, 0.3) is 0 Å². The van der Waals surface area contributed by atoms with Crippen molar-refractivity contribution in [1.29, 1.82) is 0 Å². The molecule has 0 aliphatic carbocycles. The zero-order valence-electron chi connectivity index (χ0n) is 15.5. The number of oxazole rings is 1. The highest BCUT2D eigenvalue weighted by molar-refractivity contribution is 5.91. The summed E-state index contributed by atoms with van der Waals surface area (Å²) in [5.41, 5.74) is 1.26. The Hall–Kier alpha value is -3.55. The molecule has 0 saturated heterocycles. The largest absolute Gasteiger partial charge is 0.493 e. The molecule has 0 aliphatic rings. The first-order valence-electron chi connectivity index (χ1n) is 8.23. The molecule has 3 rings (SSSR count). The van der Waals surface area contributed by atoms with Crippen LogP contribution in [0.5, 0.6) is 17.2 Å². The average Bonchev–Trinajstić information content (AvgIpc) is 3.20. The number of carbonyl (C=O) groups excluding carboxylic acids is 1. The first-order chi connectivity index (χ1) is 13.5. The lowest BCUT2D eigenvalue weighted by atomic mass is 10.2. The van der Waals surface area contributed by atoms with Crippen LogP contribution in [0.1, 0.15) is 16.1 Å². The van der Waals surface area contributed by atoms with Crippen molar-refractivity contribution in [1.82, 2.24) is 4.98 Å². The molecule has 0 N–H and O–H groups in total. The van der Waals surface area contributed by atoms with Crippen molar-refractivity contribution in [2.75, 3.05) is 21.3 Å². The van der Waals surface area contributed by atoms with Gasteiger partial charge in [-0.25, -0.2) is 14.2 Å². The Morgan fingerprint density at radius 1 is 1.04 bits per heavy atom. The van der Waals surface area contributed by atoms with Gasteiger partial charge in [0.15, 0.2) is 11.5 Å². The summed E-state index contributed by atoms with van der Waals surface area (Å²) in [6.07, 6.45) is 1.38. The van der Waals surface area contributed by atoms with E-state index in [1.54, 1.807) is 12.1 Å². The second kappa shape index (κ2) is 8.43. The molecule has 28 heavy (non-hydrogen) atoms. The fraction of sp³-hybridized carbons (Fsp3) is 0.200. The van der Waals surface area contributed by atoms with Gasteiger partial charge in [-0.1, -0.05) is 0 Å². The normalized spacial score (nSPS) is 10.4. The molecule has 0 aliphatic heterocycles. The van der Waals surface area contributed by atoms with Gasteiger partial charge in [-0.05, 0) is 36.4 Å². The summed E-state index contributed by atoms with van der Waals surface area (Å²) in [6, 6.07) is 8.71. The smallest absolute Gasteiger partial charge is 0.338 e. The Labute approximate surface area is 160 Å².